The molecule has 0 saturated heterocycles. The quantitative estimate of drug-likeness (QED) is 0.0444. The summed E-state index contributed by atoms with van der Waals surface area (Å²) in [6.07, 6.45) is 21.4. The molecular formula is C21H45I2NO3P+. The minimum Gasteiger partial charge on any atom is -0.324 e. The van der Waals surface area contributed by atoms with Crippen molar-refractivity contribution in [3.63, 3.8) is 0 Å². The zero-order valence-corrected chi connectivity index (χ0v) is 23.3. The summed E-state index contributed by atoms with van der Waals surface area (Å²) in [6.45, 7) is 1.93. The van der Waals surface area contributed by atoms with Crippen molar-refractivity contribution in [2.45, 2.75) is 103 Å². The van der Waals surface area contributed by atoms with Crippen LogP contribution < -0.4 is 0 Å². The fourth-order valence-electron chi connectivity index (χ4n) is 3.55. The van der Waals surface area contributed by atoms with Crippen molar-refractivity contribution < 1.29 is 17.0 Å². The van der Waals surface area contributed by atoms with Crippen molar-refractivity contribution in [1.82, 2.24) is 0 Å². The van der Waals surface area contributed by atoms with E-state index < -0.39 is 7.60 Å². The molecule has 28 heavy (non-hydrogen) atoms. The van der Waals surface area contributed by atoms with E-state index in [9.17, 15) is 4.57 Å². The molecule has 0 saturated carbocycles. The highest BCUT2D eigenvalue weighted by atomic mass is 127. The maximum Gasteiger partial charge on any atom is 0.325 e. The molecule has 0 aliphatic heterocycles. The van der Waals surface area contributed by atoms with Crippen LogP contribution >= 0.6 is 53.1 Å². The topological polar surface area (TPSA) is 57.5 Å². The van der Waals surface area contributed by atoms with Crippen molar-refractivity contribution in [1.29, 1.82) is 0 Å². The van der Waals surface area contributed by atoms with Crippen LogP contribution in [0.4, 0.5) is 0 Å². The predicted octanol–water partition coefficient (Wildman–Crippen LogP) is 7.64. The molecule has 0 aliphatic rings. The van der Waals surface area contributed by atoms with Crippen molar-refractivity contribution in [3.05, 3.63) is 0 Å². The third-order valence-corrected chi connectivity index (χ3v) is 7.96. The van der Waals surface area contributed by atoms with E-state index in [1.165, 1.54) is 101 Å². The summed E-state index contributed by atoms with van der Waals surface area (Å²) in [5.41, 5.74) is 0. The molecule has 7 heteroatoms. The zero-order valence-electron chi connectivity index (χ0n) is 18.1. The van der Waals surface area contributed by atoms with Gasteiger partial charge in [-0.1, -0.05) is 99.6 Å². The molecule has 0 heterocycles. The Hall–Kier alpha value is 1.57. The number of nitrogens with zero attached hydrogens (tertiary/aromatic N) is 1. The van der Waals surface area contributed by atoms with Gasteiger partial charge in [-0.2, -0.15) is 0 Å². The monoisotopic (exact) mass is 644 g/mol. The van der Waals surface area contributed by atoms with E-state index in [-0.39, 0.29) is 6.16 Å². The first-order valence-electron chi connectivity index (χ1n) is 11.4. The maximum atomic E-state index is 10.9. The van der Waals surface area contributed by atoms with Crippen LogP contribution in [0.25, 0.3) is 0 Å². The zero-order chi connectivity index (χ0) is 21.1. The lowest BCUT2D eigenvalue weighted by atomic mass is 10.0. The van der Waals surface area contributed by atoms with Crippen LogP contribution in [0, 0.1) is 0 Å². The second-order valence-corrected chi connectivity index (χ2v) is 13.6. The summed E-state index contributed by atoms with van der Waals surface area (Å²) >= 11 is 4.89. The molecule has 0 fully saturated rings. The first kappa shape index (κ1) is 29.6. The summed E-state index contributed by atoms with van der Waals surface area (Å²) in [5.74, 6) is 0. The van der Waals surface area contributed by atoms with Crippen LogP contribution in [0.5, 0.6) is 0 Å². The second kappa shape index (κ2) is 19.3. The van der Waals surface area contributed by atoms with Crippen LogP contribution in [0.15, 0.2) is 0 Å². The highest BCUT2D eigenvalue weighted by Gasteiger charge is 2.20. The van der Waals surface area contributed by atoms with Crippen LogP contribution in [-0.2, 0) is 4.57 Å². The van der Waals surface area contributed by atoms with E-state index in [0.29, 0.717) is 6.42 Å². The van der Waals surface area contributed by atoms with E-state index in [2.05, 4.69) is 52.5 Å². The Morgan fingerprint density at radius 1 is 0.643 bits per heavy atom. The van der Waals surface area contributed by atoms with Crippen LogP contribution in [-0.4, -0.2) is 43.2 Å². The van der Waals surface area contributed by atoms with Gasteiger partial charge >= 0.3 is 7.60 Å². The molecule has 2 N–H and O–H groups in total. The minimum absolute atomic E-state index is 0.0164. The molecule has 0 rings (SSSR count). The van der Waals surface area contributed by atoms with Gasteiger partial charge in [-0.3, -0.25) is 7.26 Å². The number of hydrogen-bond acceptors (Lipinski definition) is 1. The van der Waals surface area contributed by atoms with Crippen LogP contribution in [0.1, 0.15) is 103 Å². The number of halogens is 2. The van der Waals surface area contributed by atoms with Gasteiger partial charge in [-0.15, -0.1) is 0 Å². The smallest absolute Gasteiger partial charge is 0.324 e. The van der Waals surface area contributed by atoms with Gasteiger partial charge in [0.25, 0.3) is 0 Å². The van der Waals surface area contributed by atoms with Gasteiger partial charge in [-0.05, 0) is 23.7 Å². The molecule has 0 aromatic heterocycles. The van der Waals surface area contributed by atoms with Gasteiger partial charge in [0.1, 0.15) is 0 Å². The Balaban J connectivity index is 3.29. The molecule has 0 spiro atoms. The van der Waals surface area contributed by atoms with Gasteiger partial charge in [0, 0.05) is 6.42 Å². The molecule has 1 atom stereocenters. The lowest BCUT2D eigenvalue weighted by Gasteiger charge is -2.26. The van der Waals surface area contributed by atoms with Crippen molar-refractivity contribution >= 4 is 53.1 Å². The Kier molecular flexibility index (Phi) is 20.4. The Morgan fingerprint density at radius 2 is 0.964 bits per heavy atom. The molecule has 0 aromatic rings. The first-order valence-corrected chi connectivity index (χ1v) is 15.7. The minimum atomic E-state index is -3.83. The third kappa shape index (κ3) is 23.8. The molecule has 4 nitrogen and oxygen atoms in total. The number of hydrogen-bond donors (Lipinski definition) is 2. The standard InChI is InChI=1S/C21H44I2NO3P/c1-24(23,20-17-21-28(25,26)27)19-16-14-12-10-8-6-4-2-3-5-7-9-11-13-15-18-22/h2-21H2,1H3,(H-,25,26,27)/p+1. The van der Waals surface area contributed by atoms with Crippen LogP contribution in [0.2, 0.25) is 0 Å². The molecule has 0 aliphatic carbocycles. The number of unbranched alkanes of at least 4 members (excludes halogenated alkanes) is 14. The van der Waals surface area contributed by atoms with Crippen molar-refractivity contribution in [2.24, 2.45) is 0 Å². The summed E-state index contributed by atoms with van der Waals surface area (Å²) in [7, 11) is -1.67. The molecule has 170 valence electrons. The Labute approximate surface area is 202 Å². The lowest BCUT2D eigenvalue weighted by molar-refractivity contribution is -0.731. The molecule has 0 aromatic carbocycles. The summed E-state index contributed by atoms with van der Waals surface area (Å²) in [5, 5.41) is 0. The van der Waals surface area contributed by atoms with Gasteiger partial charge in [-0.25, -0.2) is 0 Å². The normalized spacial score (nSPS) is 14.3. The SMILES string of the molecule is C[N+](I)(CCCCCCCCCCCCCCCCCI)CCCP(=O)(O)O. The molecule has 1 unspecified atom stereocenters. The maximum absolute atomic E-state index is 10.9. The Bertz CT molecular complexity index is 392. The second-order valence-electron chi connectivity index (χ2n) is 8.45. The number of quaternary nitrogens is 1. The third-order valence-electron chi connectivity index (χ3n) is 5.33. The van der Waals surface area contributed by atoms with E-state index in [1.54, 1.807) is 0 Å². The highest BCUT2D eigenvalue weighted by Crippen LogP contribution is 2.35. The largest absolute Gasteiger partial charge is 0.325 e. The van der Waals surface area contributed by atoms with E-state index in [1.807, 2.05) is 0 Å². The van der Waals surface area contributed by atoms with E-state index >= 15 is 0 Å². The van der Waals surface area contributed by atoms with Gasteiger partial charge in [0.15, 0.2) is 0 Å². The van der Waals surface area contributed by atoms with Gasteiger partial charge in [0.05, 0.1) is 26.3 Å². The summed E-state index contributed by atoms with van der Waals surface area (Å²) in [6, 6.07) is 0. The first-order chi connectivity index (χ1) is 13.3. The van der Waals surface area contributed by atoms with Crippen LogP contribution in [0.3, 0.4) is 0 Å². The van der Waals surface area contributed by atoms with Gasteiger partial charge in [0.2, 0.25) is 22.9 Å². The summed E-state index contributed by atoms with van der Waals surface area (Å²) in [4.78, 5) is 17.9. The van der Waals surface area contributed by atoms with Crippen molar-refractivity contribution in [3.8, 4) is 0 Å². The molecule has 0 amide bonds. The number of alkyl halides is 1. The van der Waals surface area contributed by atoms with Crippen molar-refractivity contribution in [2.75, 3.05) is 30.7 Å². The highest BCUT2D eigenvalue weighted by molar-refractivity contribution is 14.1. The predicted molar refractivity (Wildman–Crippen MR) is 140 cm³/mol. The fourth-order valence-corrected chi connectivity index (χ4v) is 5.33. The van der Waals surface area contributed by atoms with E-state index in [4.69, 9.17) is 9.79 Å². The average Bonchev–Trinajstić information content (AvgIpc) is 2.60. The molecular weight excluding hydrogens is 599 g/mol. The van der Waals surface area contributed by atoms with E-state index in [0.717, 1.165) is 15.8 Å². The molecule has 0 bridgehead atoms. The molecule has 0 radical (unpaired) electrons. The summed E-state index contributed by atoms with van der Waals surface area (Å²) < 4.78 is 13.1. The average molecular weight is 644 g/mol. The lowest BCUT2D eigenvalue weighted by Crippen LogP contribution is -2.34. The number of rotatable bonds is 21. The van der Waals surface area contributed by atoms with Gasteiger partial charge < -0.3 is 9.79 Å². The fraction of sp³-hybridized carbons (Fsp3) is 1.00. The Morgan fingerprint density at radius 3 is 1.32 bits per heavy atom.